The first-order chi connectivity index (χ1) is 7.09. The molecule has 2 rings (SSSR count). The van der Waals surface area contributed by atoms with Crippen molar-refractivity contribution >= 4 is 0 Å². The van der Waals surface area contributed by atoms with Gasteiger partial charge in [0.2, 0.25) is 0 Å². The topological polar surface area (TPSA) is 30.7 Å². The number of pyridine rings is 1. The predicted octanol–water partition coefficient (Wildman–Crippen LogP) is 3.06. The van der Waals surface area contributed by atoms with Crippen LogP contribution in [0.15, 0.2) is 30.6 Å². The molecule has 0 spiro atoms. The van der Waals surface area contributed by atoms with Crippen LogP contribution < -0.4 is 0 Å². The summed E-state index contributed by atoms with van der Waals surface area (Å²) in [5, 5.41) is 3.93. The number of hydrogen-bond donors (Lipinski definition) is 0. The number of aryl methyl sites for hydroxylation is 4. The molecule has 88 valence electrons. The fourth-order valence-electron chi connectivity index (χ4n) is 1.13. The van der Waals surface area contributed by atoms with Crippen molar-refractivity contribution in [1.29, 1.82) is 0 Å². The molecule has 2 heterocycles. The molecule has 0 N–H and O–H groups in total. The van der Waals surface area contributed by atoms with Crippen LogP contribution in [0.25, 0.3) is 0 Å². The Balaban J connectivity index is 0.000000267. The maximum atomic E-state index is 4.04. The first-order valence-electron chi connectivity index (χ1n) is 4.93. The van der Waals surface area contributed by atoms with Gasteiger partial charge in [-0.05, 0) is 44.5 Å². The Bertz CT molecular complexity index is 385. The van der Waals surface area contributed by atoms with Gasteiger partial charge in [-0.1, -0.05) is 7.43 Å². The number of nitrogens with zero attached hydrogens (tertiary/aromatic N) is 3. The molecule has 0 aliphatic heterocycles. The van der Waals surface area contributed by atoms with Crippen molar-refractivity contribution in [3.63, 3.8) is 0 Å². The van der Waals surface area contributed by atoms with E-state index in [1.54, 1.807) is 6.20 Å². The summed E-state index contributed by atoms with van der Waals surface area (Å²) in [7, 11) is 1.93. The van der Waals surface area contributed by atoms with E-state index >= 15 is 0 Å². The Morgan fingerprint density at radius 3 is 2.00 bits per heavy atom. The minimum Gasteiger partial charge on any atom is -0.273 e. The van der Waals surface area contributed by atoms with E-state index in [1.165, 1.54) is 11.3 Å². The molecule has 0 fully saturated rings. The molecule has 0 saturated heterocycles. The Morgan fingerprint density at radius 1 is 1.06 bits per heavy atom. The van der Waals surface area contributed by atoms with Crippen molar-refractivity contribution in [1.82, 2.24) is 14.8 Å². The highest BCUT2D eigenvalue weighted by molar-refractivity contribution is 5.12. The molecule has 0 aromatic carbocycles. The van der Waals surface area contributed by atoms with Gasteiger partial charge in [-0.15, -0.1) is 0 Å². The summed E-state index contributed by atoms with van der Waals surface area (Å²) in [5.74, 6) is 0. The monoisotopic (exact) mass is 219 g/mol. The minimum absolute atomic E-state index is 0. The predicted molar refractivity (Wildman–Crippen MR) is 68.4 cm³/mol. The lowest BCUT2D eigenvalue weighted by Crippen LogP contribution is -1.90. The first kappa shape index (κ1) is 14.4. The molecule has 3 nitrogen and oxygen atoms in total. The average Bonchev–Trinajstić information content (AvgIpc) is 2.51. The molecule has 0 aliphatic rings. The van der Waals surface area contributed by atoms with Crippen LogP contribution in [-0.2, 0) is 7.05 Å². The van der Waals surface area contributed by atoms with Crippen LogP contribution in [0.3, 0.4) is 0 Å². The van der Waals surface area contributed by atoms with Gasteiger partial charge in [0.15, 0.2) is 0 Å². The Morgan fingerprint density at radius 2 is 1.75 bits per heavy atom. The summed E-state index contributed by atoms with van der Waals surface area (Å²) < 4.78 is 1.83. The van der Waals surface area contributed by atoms with Crippen molar-refractivity contribution in [2.75, 3.05) is 0 Å². The summed E-state index contributed by atoms with van der Waals surface area (Å²) in [6, 6.07) is 6.02. The Kier molecular flexibility index (Phi) is 6.08. The molecule has 0 radical (unpaired) electrons. The molecule has 3 heteroatoms. The number of aromatic nitrogens is 3. The fraction of sp³-hybridized carbons (Fsp3) is 0.385. The maximum Gasteiger partial charge on any atom is 0.0492 e. The van der Waals surface area contributed by atoms with Crippen LogP contribution in [0.2, 0.25) is 0 Å². The third-order valence-corrected chi connectivity index (χ3v) is 2.12. The normalized spacial score (nSPS) is 8.75. The van der Waals surface area contributed by atoms with Gasteiger partial charge < -0.3 is 0 Å². The second kappa shape index (κ2) is 6.77. The lowest BCUT2D eigenvalue weighted by molar-refractivity contribution is 0.740. The highest BCUT2D eigenvalue weighted by Crippen LogP contribution is 1.95. The molecule has 2 aromatic heterocycles. The van der Waals surface area contributed by atoms with Gasteiger partial charge in [0, 0.05) is 30.8 Å². The standard InChI is InChI=1S/C7H9N.C5H8N2.CH4/c1-6-3-4-8-7(2)5-6;1-5-3-4-6-7(5)2;/h3-5H,1-2H3;3-4H,1-2H3;1H4. The van der Waals surface area contributed by atoms with E-state index in [4.69, 9.17) is 0 Å². The van der Waals surface area contributed by atoms with Crippen molar-refractivity contribution < 1.29 is 0 Å². The highest BCUT2D eigenvalue weighted by atomic mass is 15.2. The minimum atomic E-state index is 0. The van der Waals surface area contributed by atoms with Gasteiger partial charge in [-0.25, -0.2) is 0 Å². The lowest BCUT2D eigenvalue weighted by Gasteiger charge is -1.90. The van der Waals surface area contributed by atoms with E-state index in [0.29, 0.717) is 0 Å². The Hall–Kier alpha value is -1.64. The Labute approximate surface area is 98.2 Å². The van der Waals surface area contributed by atoms with E-state index in [0.717, 1.165) is 5.69 Å². The first-order valence-corrected chi connectivity index (χ1v) is 4.93. The molecule has 0 saturated carbocycles. The molecule has 0 bridgehead atoms. The van der Waals surface area contributed by atoms with Crippen LogP contribution in [0, 0.1) is 20.8 Å². The number of rotatable bonds is 0. The van der Waals surface area contributed by atoms with Gasteiger partial charge in [0.05, 0.1) is 0 Å². The van der Waals surface area contributed by atoms with Crippen LogP contribution in [0.5, 0.6) is 0 Å². The second-order valence-corrected chi connectivity index (χ2v) is 3.57. The highest BCUT2D eigenvalue weighted by Gasteiger charge is 1.83. The molecule has 0 unspecified atom stereocenters. The largest absolute Gasteiger partial charge is 0.273 e. The van der Waals surface area contributed by atoms with E-state index in [1.807, 2.05) is 43.9 Å². The summed E-state index contributed by atoms with van der Waals surface area (Å²) in [6.07, 6.45) is 3.61. The zero-order valence-corrected chi connectivity index (χ0v) is 9.73. The summed E-state index contributed by atoms with van der Waals surface area (Å²) >= 11 is 0. The smallest absolute Gasteiger partial charge is 0.0492 e. The van der Waals surface area contributed by atoms with Gasteiger partial charge in [0.1, 0.15) is 0 Å². The van der Waals surface area contributed by atoms with E-state index in [2.05, 4.69) is 23.1 Å². The van der Waals surface area contributed by atoms with E-state index < -0.39 is 0 Å². The second-order valence-electron chi connectivity index (χ2n) is 3.57. The van der Waals surface area contributed by atoms with Gasteiger partial charge in [0.25, 0.3) is 0 Å². The lowest BCUT2D eigenvalue weighted by atomic mass is 10.3. The van der Waals surface area contributed by atoms with E-state index in [-0.39, 0.29) is 7.43 Å². The molecule has 16 heavy (non-hydrogen) atoms. The summed E-state index contributed by atoms with van der Waals surface area (Å²) in [5.41, 5.74) is 3.56. The van der Waals surface area contributed by atoms with Crippen molar-refractivity contribution in [3.05, 3.63) is 47.5 Å². The molecule has 0 aliphatic carbocycles. The SMILES string of the molecule is C.Cc1ccnc(C)c1.Cc1ccnn1C. The average molecular weight is 219 g/mol. The fourth-order valence-corrected chi connectivity index (χ4v) is 1.13. The zero-order chi connectivity index (χ0) is 11.3. The van der Waals surface area contributed by atoms with Gasteiger partial charge >= 0.3 is 0 Å². The molecular formula is C13H21N3. The summed E-state index contributed by atoms with van der Waals surface area (Å²) in [4.78, 5) is 4.04. The van der Waals surface area contributed by atoms with Crippen LogP contribution >= 0.6 is 0 Å². The van der Waals surface area contributed by atoms with Gasteiger partial charge in [-0.2, -0.15) is 5.10 Å². The van der Waals surface area contributed by atoms with Crippen LogP contribution in [0.4, 0.5) is 0 Å². The zero-order valence-electron chi connectivity index (χ0n) is 9.73. The quantitative estimate of drug-likeness (QED) is 0.681. The molecule has 0 atom stereocenters. The van der Waals surface area contributed by atoms with Crippen molar-refractivity contribution in [2.24, 2.45) is 7.05 Å². The number of hydrogen-bond acceptors (Lipinski definition) is 2. The van der Waals surface area contributed by atoms with Crippen LogP contribution in [0.1, 0.15) is 24.4 Å². The van der Waals surface area contributed by atoms with E-state index in [9.17, 15) is 0 Å². The molecular weight excluding hydrogens is 198 g/mol. The van der Waals surface area contributed by atoms with Crippen molar-refractivity contribution in [3.8, 4) is 0 Å². The summed E-state index contributed by atoms with van der Waals surface area (Å²) in [6.45, 7) is 6.08. The maximum absolute atomic E-state index is 4.04. The molecule has 0 amide bonds. The van der Waals surface area contributed by atoms with Crippen LogP contribution in [-0.4, -0.2) is 14.8 Å². The van der Waals surface area contributed by atoms with Crippen molar-refractivity contribution in [2.45, 2.75) is 28.2 Å². The molecule has 2 aromatic rings. The van der Waals surface area contributed by atoms with Gasteiger partial charge in [-0.3, -0.25) is 9.67 Å². The third kappa shape index (κ3) is 4.73. The third-order valence-electron chi connectivity index (χ3n) is 2.12.